The largest absolute Gasteiger partial charge is 0.433 e. The third-order valence-electron chi connectivity index (χ3n) is 3.00. The minimum Gasteiger partial charge on any atom is -0.356 e. The lowest BCUT2D eigenvalue weighted by Gasteiger charge is -2.32. The zero-order chi connectivity index (χ0) is 13.2. The number of piperidine rings is 1. The van der Waals surface area contributed by atoms with Crippen molar-refractivity contribution in [2.45, 2.75) is 19.0 Å². The summed E-state index contributed by atoms with van der Waals surface area (Å²) >= 11 is 0. The number of nitrogens with zero attached hydrogens (tertiary/aromatic N) is 3. The van der Waals surface area contributed by atoms with E-state index in [1.54, 1.807) is 4.90 Å². The van der Waals surface area contributed by atoms with Crippen LogP contribution in [0, 0.1) is 5.92 Å². The fourth-order valence-electron chi connectivity index (χ4n) is 2.07. The van der Waals surface area contributed by atoms with Crippen molar-refractivity contribution in [3.8, 4) is 0 Å². The van der Waals surface area contributed by atoms with Crippen LogP contribution in [0.15, 0.2) is 12.4 Å². The number of hydrogen-bond acceptors (Lipinski definition) is 3. The van der Waals surface area contributed by atoms with Gasteiger partial charge in [0.05, 0.1) is 6.67 Å². The lowest BCUT2D eigenvalue weighted by Crippen LogP contribution is -2.37. The molecule has 0 amide bonds. The summed E-state index contributed by atoms with van der Waals surface area (Å²) in [5.74, 6) is 0.0959. The van der Waals surface area contributed by atoms with Crippen molar-refractivity contribution in [2.24, 2.45) is 5.92 Å². The molecular weight excluding hydrogens is 250 g/mol. The predicted octanol–water partition coefficient (Wildman–Crippen LogP) is 2.68. The molecule has 1 aromatic heterocycles. The molecule has 1 saturated heterocycles. The van der Waals surface area contributed by atoms with Gasteiger partial charge in [-0.3, -0.25) is 4.39 Å². The zero-order valence-corrected chi connectivity index (χ0v) is 9.62. The van der Waals surface area contributed by atoms with Gasteiger partial charge in [-0.1, -0.05) is 0 Å². The highest BCUT2D eigenvalue weighted by atomic mass is 19.4. The summed E-state index contributed by atoms with van der Waals surface area (Å²) in [6, 6.07) is 0.917. The van der Waals surface area contributed by atoms with Crippen LogP contribution in [0.4, 0.5) is 23.4 Å². The van der Waals surface area contributed by atoms with Crippen LogP contribution < -0.4 is 4.90 Å². The number of rotatable bonds is 2. The molecule has 1 unspecified atom stereocenters. The second-order valence-corrected chi connectivity index (χ2v) is 4.37. The molecule has 0 aliphatic carbocycles. The standard InChI is InChI=1S/C11H13F4N3/c12-5-8-2-1-3-18(6-8)10-4-9(11(13,14)15)16-7-17-10/h4,7-8H,1-3,5-6H2. The zero-order valence-electron chi connectivity index (χ0n) is 9.62. The quantitative estimate of drug-likeness (QED) is 0.768. The van der Waals surface area contributed by atoms with E-state index in [0.29, 0.717) is 13.1 Å². The maximum absolute atomic E-state index is 12.6. The van der Waals surface area contributed by atoms with Crippen molar-refractivity contribution >= 4 is 5.82 Å². The SMILES string of the molecule is FCC1CCCN(c2cc(C(F)(F)F)ncn2)C1. The normalized spacial score (nSPS) is 21.1. The predicted molar refractivity (Wildman–Crippen MR) is 57.9 cm³/mol. The Morgan fingerprint density at radius 1 is 1.33 bits per heavy atom. The van der Waals surface area contributed by atoms with Gasteiger partial charge in [-0.2, -0.15) is 13.2 Å². The Labute approximate surface area is 102 Å². The molecule has 100 valence electrons. The van der Waals surface area contributed by atoms with E-state index in [-0.39, 0.29) is 11.7 Å². The van der Waals surface area contributed by atoms with Crippen LogP contribution in [-0.2, 0) is 6.18 Å². The van der Waals surface area contributed by atoms with E-state index in [1.807, 2.05) is 0 Å². The summed E-state index contributed by atoms with van der Waals surface area (Å²) in [7, 11) is 0. The maximum atomic E-state index is 12.6. The summed E-state index contributed by atoms with van der Waals surface area (Å²) in [6.07, 6.45) is -2.05. The molecule has 1 aromatic rings. The van der Waals surface area contributed by atoms with Gasteiger partial charge in [0.15, 0.2) is 0 Å². The Morgan fingerprint density at radius 3 is 2.78 bits per heavy atom. The highest BCUT2D eigenvalue weighted by Crippen LogP contribution is 2.30. The summed E-state index contributed by atoms with van der Waals surface area (Å²) in [5, 5.41) is 0. The molecule has 0 spiro atoms. The van der Waals surface area contributed by atoms with E-state index in [4.69, 9.17) is 0 Å². The third kappa shape index (κ3) is 2.88. The van der Waals surface area contributed by atoms with E-state index < -0.39 is 18.5 Å². The van der Waals surface area contributed by atoms with Crippen LogP contribution in [0.1, 0.15) is 18.5 Å². The van der Waals surface area contributed by atoms with Gasteiger partial charge < -0.3 is 4.90 Å². The molecule has 1 aliphatic rings. The molecule has 18 heavy (non-hydrogen) atoms. The topological polar surface area (TPSA) is 29.0 Å². The molecule has 3 nitrogen and oxygen atoms in total. The first-order valence-corrected chi connectivity index (χ1v) is 5.71. The molecule has 2 heterocycles. The van der Waals surface area contributed by atoms with Crippen molar-refractivity contribution in [1.82, 2.24) is 9.97 Å². The lowest BCUT2D eigenvalue weighted by atomic mass is 9.99. The van der Waals surface area contributed by atoms with E-state index in [2.05, 4.69) is 9.97 Å². The van der Waals surface area contributed by atoms with Gasteiger partial charge in [-0.25, -0.2) is 9.97 Å². The first-order valence-electron chi connectivity index (χ1n) is 5.71. The number of hydrogen-bond donors (Lipinski definition) is 0. The molecule has 0 aromatic carbocycles. The number of anilines is 1. The minimum absolute atomic E-state index is 0.122. The summed E-state index contributed by atoms with van der Waals surface area (Å²) in [4.78, 5) is 8.73. The summed E-state index contributed by atoms with van der Waals surface area (Å²) in [6.45, 7) is 0.559. The van der Waals surface area contributed by atoms with Gasteiger partial charge in [0, 0.05) is 25.1 Å². The van der Waals surface area contributed by atoms with Crippen molar-refractivity contribution in [3.63, 3.8) is 0 Å². The smallest absolute Gasteiger partial charge is 0.356 e. The van der Waals surface area contributed by atoms with Gasteiger partial charge in [-0.15, -0.1) is 0 Å². The molecule has 1 fully saturated rings. The highest BCUT2D eigenvalue weighted by Gasteiger charge is 2.33. The maximum Gasteiger partial charge on any atom is 0.433 e. The number of halogens is 4. The lowest BCUT2D eigenvalue weighted by molar-refractivity contribution is -0.141. The summed E-state index contributed by atoms with van der Waals surface area (Å²) in [5.41, 5.74) is -0.963. The molecule has 0 saturated carbocycles. The van der Waals surface area contributed by atoms with Crippen LogP contribution in [-0.4, -0.2) is 29.7 Å². The Balaban J connectivity index is 2.18. The Hall–Kier alpha value is -1.40. The van der Waals surface area contributed by atoms with Gasteiger partial charge in [0.25, 0.3) is 0 Å². The van der Waals surface area contributed by atoms with E-state index >= 15 is 0 Å². The number of aromatic nitrogens is 2. The Kier molecular flexibility index (Phi) is 3.68. The van der Waals surface area contributed by atoms with Crippen molar-refractivity contribution in [2.75, 3.05) is 24.7 Å². The third-order valence-corrected chi connectivity index (χ3v) is 3.00. The average molecular weight is 263 g/mol. The molecule has 0 radical (unpaired) electrons. The van der Waals surface area contributed by atoms with E-state index in [9.17, 15) is 17.6 Å². The molecule has 1 atom stereocenters. The van der Waals surface area contributed by atoms with Crippen molar-refractivity contribution in [1.29, 1.82) is 0 Å². The minimum atomic E-state index is -4.48. The van der Waals surface area contributed by atoms with Crippen LogP contribution in [0.25, 0.3) is 0 Å². The average Bonchev–Trinajstić information content (AvgIpc) is 2.38. The Bertz CT molecular complexity index is 408. The fourth-order valence-corrected chi connectivity index (χ4v) is 2.07. The van der Waals surface area contributed by atoms with Crippen LogP contribution in [0.5, 0.6) is 0 Å². The summed E-state index contributed by atoms with van der Waals surface area (Å²) < 4.78 is 50.1. The van der Waals surface area contributed by atoms with Gasteiger partial charge in [-0.05, 0) is 12.8 Å². The van der Waals surface area contributed by atoms with Crippen molar-refractivity contribution in [3.05, 3.63) is 18.1 Å². The van der Waals surface area contributed by atoms with Crippen LogP contribution in [0.2, 0.25) is 0 Å². The fraction of sp³-hybridized carbons (Fsp3) is 0.636. The molecule has 0 N–H and O–H groups in total. The van der Waals surface area contributed by atoms with Crippen LogP contribution >= 0.6 is 0 Å². The molecular formula is C11H13F4N3. The first kappa shape index (κ1) is 13.0. The monoisotopic (exact) mass is 263 g/mol. The van der Waals surface area contributed by atoms with Crippen LogP contribution in [0.3, 0.4) is 0 Å². The molecule has 1 aliphatic heterocycles. The van der Waals surface area contributed by atoms with Gasteiger partial charge >= 0.3 is 6.18 Å². The molecule has 0 bridgehead atoms. The first-order chi connectivity index (χ1) is 8.50. The van der Waals surface area contributed by atoms with E-state index in [1.165, 1.54) is 0 Å². The molecule has 7 heteroatoms. The highest BCUT2D eigenvalue weighted by molar-refractivity contribution is 5.40. The number of alkyl halides is 4. The van der Waals surface area contributed by atoms with Gasteiger partial charge in [0.2, 0.25) is 0 Å². The second kappa shape index (κ2) is 5.07. The van der Waals surface area contributed by atoms with Crippen molar-refractivity contribution < 1.29 is 17.6 Å². The molecule has 2 rings (SSSR count). The van der Waals surface area contributed by atoms with E-state index in [0.717, 1.165) is 25.2 Å². The second-order valence-electron chi connectivity index (χ2n) is 4.37. The van der Waals surface area contributed by atoms with Gasteiger partial charge in [0.1, 0.15) is 17.8 Å². The Morgan fingerprint density at radius 2 is 2.11 bits per heavy atom.